The Bertz CT molecular complexity index is 569. The van der Waals surface area contributed by atoms with Gasteiger partial charge in [0.15, 0.2) is 0 Å². The van der Waals surface area contributed by atoms with Gasteiger partial charge < -0.3 is 10.5 Å². The maximum absolute atomic E-state index is 6.34. The van der Waals surface area contributed by atoms with Crippen LogP contribution >= 0.6 is 31.9 Å². The molecule has 1 atom stereocenters. The molecule has 0 aliphatic carbocycles. The Morgan fingerprint density at radius 1 is 1.10 bits per heavy atom. The predicted molar refractivity (Wildman–Crippen MR) is 90.1 cm³/mol. The quantitative estimate of drug-likeness (QED) is 0.764. The molecule has 4 heteroatoms. The SMILES string of the molecule is CCCOc1ccc(C(N)c2cc(Br)ccc2Br)cc1. The van der Waals surface area contributed by atoms with Gasteiger partial charge in [-0.05, 0) is 47.9 Å². The van der Waals surface area contributed by atoms with E-state index in [2.05, 4.69) is 38.8 Å². The molecule has 0 heterocycles. The van der Waals surface area contributed by atoms with E-state index in [4.69, 9.17) is 10.5 Å². The zero-order valence-corrected chi connectivity index (χ0v) is 14.4. The topological polar surface area (TPSA) is 35.2 Å². The Kier molecular flexibility index (Phi) is 5.64. The zero-order chi connectivity index (χ0) is 14.5. The summed E-state index contributed by atoms with van der Waals surface area (Å²) in [6.07, 6.45) is 1.01. The van der Waals surface area contributed by atoms with Gasteiger partial charge in [0.1, 0.15) is 5.75 Å². The van der Waals surface area contributed by atoms with Crippen molar-refractivity contribution >= 4 is 31.9 Å². The van der Waals surface area contributed by atoms with Crippen molar-refractivity contribution in [3.05, 3.63) is 62.5 Å². The molecular formula is C16H17Br2NO. The minimum Gasteiger partial charge on any atom is -0.494 e. The van der Waals surface area contributed by atoms with Crippen molar-refractivity contribution < 1.29 is 4.74 Å². The summed E-state index contributed by atoms with van der Waals surface area (Å²) in [5.41, 5.74) is 8.46. The number of ether oxygens (including phenoxy) is 1. The second-order valence-electron chi connectivity index (χ2n) is 4.56. The third-order valence-corrected chi connectivity index (χ3v) is 4.22. The van der Waals surface area contributed by atoms with E-state index >= 15 is 0 Å². The Labute approximate surface area is 136 Å². The van der Waals surface area contributed by atoms with Crippen molar-refractivity contribution in [2.24, 2.45) is 5.73 Å². The molecule has 0 saturated carbocycles. The lowest BCUT2D eigenvalue weighted by molar-refractivity contribution is 0.317. The van der Waals surface area contributed by atoms with Crippen LogP contribution < -0.4 is 10.5 Å². The van der Waals surface area contributed by atoms with Gasteiger partial charge in [0, 0.05) is 8.95 Å². The maximum atomic E-state index is 6.34. The second kappa shape index (κ2) is 7.25. The highest BCUT2D eigenvalue weighted by Crippen LogP contribution is 2.30. The van der Waals surface area contributed by atoms with E-state index in [-0.39, 0.29) is 6.04 Å². The average molecular weight is 399 g/mol. The van der Waals surface area contributed by atoms with Crippen LogP contribution in [0.15, 0.2) is 51.4 Å². The number of rotatable bonds is 5. The number of benzene rings is 2. The van der Waals surface area contributed by atoms with Crippen molar-refractivity contribution in [2.75, 3.05) is 6.61 Å². The Balaban J connectivity index is 2.20. The van der Waals surface area contributed by atoms with Gasteiger partial charge in [-0.15, -0.1) is 0 Å². The molecule has 2 aromatic carbocycles. The summed E-state index contributed by atoms with van der Waals surface area (Å²) in [5.74, 6) is 0.885. The first kappa shape index (κ1) is 15.5. The molecule has 0 saturated heterocycles. The van der Waals surface area contributed by atoms with Gasteiger partial charge >= 0.3 is 0 Å². The third-order valence-electron chi connectivity index (χ3n) is 3.01. The van der Waals surface area contributed by atoms with Crippen molar-refractivity contribution in [2.45, 2.75) is 19.4 Å². The molecule has 0 aliphatic heterocycles. The average Bonchev–Trinajstić information content (AvgIpc) is 2.47. The van der Waals surface area contributed by atoms with Crippen molar-refractivity contribution in [3.8, 4) is 5.75 Å². The van der Waals surface area contributed by atoms with Gasteiger partial charge in [0.25, 0.3) is 0 Å². The first-order valence-corrected chi connectivity index (χ1v) is 8.13. The van der Waals surface area contributed by atoms with E-state index in [1.54, 1.807) is 0 Å². The minimum atomic E-state index is -0.165. The van der Waals surface area contributed by atoms with Crippen LogP contribution in [0.5, 0.6) is 5.75 Å². The molecule has 0 aromatic heterocycles. The molecular weight excluding hydrogens is 382 g/mol. The molecule has 0 amide bonds. The van der Waals surface area contributed by atoms with Crippen LogP contribution in [0.25, 0.3) is 0 Å². The summed E-state index contributed by atoms with van der Waals surface area (Å²) in [5, 5.41) is 0. The van der Waals surface area contributed by atoms with Crippen molar-refractivity contribution in [3.63, 3.8) is 0 Å². The third kappa shape index (κ3) is 3.84. The fourth-order valence-corrected chi connectivity index (χ4v) is 2.80. The minimum absolute atomic E-state index is 0.165. The number of hydrogen-bond donors (Lipinski definition) is 1. The summed E-state index contributed by atoms with van der Waals surface area (Å²) >= 11 is 7.03. The molecule has 0 aliphatic rings. The van der Waals surface area contributed by atoms with Gasteiger partial charge in [-0.2, -0.15) is 0 Å². The number of hydrogen-bond acceptors (Lipinski definition) is 2. The molecule has 2 aromatic rings. The van der Waals surface area contributed by atoms with E-state index in [0.717, 1.165) is 38.8 Å². The molecule has 20 heavy (non-hydrogen) atoms. The largest absolute Gasteiger partial charge is 0.494 e. The van der Waals surface area contributed by atoms with Gasteiger partial charge in [-0.3, -0.25) is 0 Å². The van der Waals surface area contributed by atoms with E-state index in [1.165, 1.54) is 0 Å². The highest BCUT2D eigenvalue weighted by atomic mass is 79.9. The van der Waals surface area contributed by atoms with E-state index in [0.29, 0.717) is 0 Å². The Morgan fingerprint density at radius 3 is 2.45 bits per heavy atom. The standard InChI is InChI=1S/C16H17Br2NO/c1-2-9-20-13-6-3-11(4-7-13)16(19)14-10-12(17)5-8-15(14)18/h3-8,10,16H,2,9,19H2,1H3. The van der Waals surface area contributed by atoms with Gasteiger partial charge in [0.05, 0.1) is 12.6 Å². The molecule has 2 N–H and O–H groups in total. The molecule has 1 unspecified atom stereocenters. The predicted octanol–water partition coefficient (Wildman–Crippen LogP) is 5.05. The van der Waals surface area contributed by atoms with Crippen LogP contribution in [0.2, 0.25) is 0 Å². The highest BCUT2D eigenvalue weighted by Gasteiger charge is 2.12. The molecule has 0 bridgehead atoms. The summed E-state index contributed by atoms with van der Waals surface area (Å²) in [6, 6.07) is 13.8. The van der Waals surface area contributed by atoms with Gasteiger partial charge in [-0.25, -0.2) is 0 Å². The maximum Gasteiger partial charge on any atom is 0.119 e. The van der Waals surface area contributed by atoms with Gasteiger partial charge in [-0.1, -0.05) is 50.9 Å². The molecule has 0 radical (unpaired) electrons. The smallest absolute Gasteiger partial charge is 0.119 e. The summed E-state index contributed by atoms with van der Waals surface area (Å²) in [6.45, 7) is 2.83. The highest BCUT2D eigenvalue weighted by molar-refractivity contribution is 9.11. The fourth-order valence-electron chi connectivity index (χ4n) is 1.92. The van der Waals surface area contributed by atoms with E-state index in [9.17, 15) is 0 Å². The normalized spacial score (nSPS) is 12.2. The molecule has 0 fully saturated rings. The van der Waals surface area contributed by atoms with Gasteiger partial charge in [0.2, 0.25) is 0 Å². The van der Waals surface area contributed by atoms with Crippen LogP contribution in [0.1, 0.15) is 30.5 Å². The Hall–Kier alpha value is -0.840. The number of halogens is 2. The Morgan fingerprint density at radius 2 is 1.80 bits per heavy atom. The van der Waals surface area contributed by atoms with Crippen molar-refractivity contribution in [1.29, 1.82) is 0 Å². The van der Waals surface area contributed by atoms with Crippen molar-refractivity contribution in [1.82, 2.24) is 0 Å². The first-order chi connectivity index (χ1) is 9.61. The first-order valence-electron chi connectivity index (χ1n) is 6.55. The lowest BCUT2D eigenvalue weighted by Gasteiger charge is -2.15. The van der Waals surface area contributed by atoms with E-state index in [1.807, 2.05) is 42.5 Å². The van der Waals surface area contributed by atoms with Crippen LogP contribution in [-0.4, -0.2) is 6.61 Å². The number of nitrogens with two attached hydrogens (primary N) is 1. The molecule has 2 nitrogen and oxygen atoms in total. The molecule has 0 spiro atoms. The molecule has 2 rings (SSSR count). The van der Waals surface area contributed by atoms with Crippen LogP contribution in [0.4, 0.5) is 0 Å². The fraction of sp³-hybridized carbons (Fsp3) is 0.250. The summed E-state index contributed by atoms with van der Waals surface area (Å²) in [7, 11) is 0. The summed E-state index contributed by atoms with van der Waals surface area (Å²) < 4.78 is 7.62. The van der Waals surface area contributed by atoms with Crippen LogP contribution in [-0.2, 0) is 0 Å². The van der Waals surface area contributed by atoms with E-state index < -0.39 is 0 Å². The lowest BCUT2D eigenvalue weighted by atomic mass is 10.00. The lowest BCUT2D eigenvalue weighted by Crippen LogP contribution is -2.12. The zero-order valence-electron chi connectivity index (χ0n) is 11.3. The monoisotopic (exact) mass is 397 g/mol. The molecule has 106 valence electrons. The summed E-state index contributed by atoms with van der Waals surface area (Å²) in [4.78, 5) is 0. The van der Waals surface area contributed by atoms with Crippen LogP contribution in [0, 0.1) is 0 Å². The van der Waals surface area contributed by atoms with Crippen LogP contribution in [0.3, 0.4) is 0 Å². The second-order valence-corrected chi connectivity index (χ2v) is 6.33.